The summed E-state index contributed by atoms with van der Waals surface area (Å²) in [4.78, 5) is 12.6. The van der Waals surface area contributed by atoms with Crippen molar-refractivity contribution < 1.29 is 128 Å². The Morgan fingerprint density at radius 1 is 0.595 bits per heavy atom. The molecule has 3 aromatic carbocycles. The number of fused-ring (bicyclic) bond motifs is 1. The number of aromatic hydroxyl groups is 3. The van der Waals surface area contributed by atoms with Crippen molar-refractivity contribution >= 4 is 23.0 Å². The lowest BCUT2D eigenvalue weighted by atomic mass is 9.92. The van der Waals surface area contributed by atoms with E-state index >= 15 is 0 Å². The number of carbonyl (C=O) groups is 1. The van der Waals surface area contributed by atoms with Crippen LogP contribution in [0.4, 0.5) is 0 Å². The topological polar surface area (TPSA) is 415 Å². The van der Waals surface area contributed by atoms with Crippen molar-refractivity contribution in [3.63, 3.8) is 0 Å². The number of aliphatic hydroxyl groups excluding tert-OH is 12. The van der Waals surface area contributed by atoms with Gasteiger partial charge in [0.05, 0.1) is 61.6 Å². The van der Waals surface area contributed by atoms with E-state index in [0.717, 1.165) is 18.2 Å². The highest BCUT2D eigenvalue weighted by molar-refractivity contribution is 5.89. The number of phenols is 3. The largest absolute Gasteiger partial charge is 0.508 e. The number of benzene rings is 3. The van der Waals surface area contributed by atoms with Crippen LogP contribution in [0.5, 0.6) is 28.7 Å². The third kappa shape index (κ3) is 11.7. The van der Waals surface area contributed by atoms with E-state index in [4.69, 9.17) is 47.0 Å². The van der Waals surface area contributed by atoms with Crippen LogP contribution in [-0.4, -0.2) is 213 Å². The molecule has 74 heavy (non-hydrogen) atoms. The molecule has 20 atom stereocenters. The number of aliphatic hydroxyl groups is 12. The maximum Gasteiger partial charge on any atom is 0.402 e. The van der Waals surface area contributed by atoms with Crippen LogP contribution >= 0.6 is 0 Å². The summed E-state index contributed by atoms with van der Waals surface area (Å²) in [5.74, 6) is -5.00. The lowest BCUT2D eigenvalue weighted by molar-refractivity contribution is -0.383. The summed E-state index contributed by atoms with van der Waals surface area (Å²) in [7, 11) is 0. The minimum absolute atomic E-state index is 0.0197. The van der Waals surface area contributed by atoms with Gasteiger partial charge in [0, 0.05) is 18.2 Å². The van der Waals surface area contributed by atoms with Crippen molar-refractivity contribution in [1.82, 2.24) is 0 Å². The summed E-state index contributed by atoms with van der Waals surface area (Å²) in [6, 6.07) is 14.9. The van der Waals surface area contributed by atoms with Gasteiger partial charge in [-0.05, 0) is 55.0 Å². The molecule has 4 aromatic rings. The van der Waals surface area contributed by atoms with Crippen LogP contribution in [0.2, 0.25) is 0 Å². The standard InChI is InChI=1S/C48H56O26/c1-18-40(71-31(54)11-4-19-2-7-21(51)8-3-19)36(59)39(62)47(66-18)65-17-30-34(57)35(58)38(61)48(70-30)69-29-14-24-27(67-41(29)20-5-9-22(52)10-6-20)12-23(53)13-28(24)68-45-26(16-50)33(56)42(44(64)74-45)72-46-25(15-49)32(55)37(60)43(63)73-46/h2-14,18,25-26,30,32-40,42-50,55-64H,15-17H2,1H3,(H2-,51,52,53,54)/p+1/t18-,25-,26-,30-,32-,33-,34-,35+,36-,37+,38-,39+,40-,42+,43+,44+,45+,46+,47+,48-/m0/s1. The van der Waals surface area contributed by atoms with Gasteiger partial charge in [-0.3, -0.25) is 0 Å². The third-order valence-electron chi connectivity index (χ3n) is 12.9. The molecular weight excluding hydrogens is 993 g/mol. The van der Waals surface area contributed by atoms with Crippen molar-refractivity contribution in [2.75, 3.05) is 19.8 Å². The lowest BCUT2D eigenvalue weighted by Gasteiger charge is -2.45. The average Bonchev–Trinajstić information content (AvgIpc) is 3.37. The van der Waals surface area contributed by atoms with Gasteiger partial charge in [-0.15, -0.1) is 0 Å². The fourth-order valence-electron chi connectivity index (χ4n) is 8.72. The van der Waals surface area contributed by atoms with Crippen molar-refractivity contribution in [1.29, 1.82) is 0 Å². The van der Waals surface area contributed by atoms with E-state index in [1.165, 1.54) is 55.5 Å². The van der Waals surface area contributed by atoms with Gasteiger partial charge < -0.3 is 119 Å². The summed E-state index contributed by atoms with van der Waals surface area (Å²) in [5, 5.41) is 159. The molecule has 4 fully saturated rings. The molecule has 404 valence electrons. The molecule has 0 saturated carbocycles. The predicted octanol–water partition coefficient (Wildman–Crippen LogP) is -2.79. The van der Waals surface area contributed by atoms with Gasteiger partial charge in [0.1, 0.15) is 77.2 Å². The monoisotopic (exact) mass is 1050 g/mol. The van der Waals surface area contributed by atoms with Crippen molar-refractivity contribution in [2.45, 2.75) is 118 Å². The summed E-state index contributed by atoms with van der Waals surface area (Å²) < 4.78 is 57.6. The zero-order valence-corrected chi connectivity index (χ0v) is 38.9. The van der Waals surface area contributed by atoms with Crippen molar-refractivity contribution in [2.24, 2.45) is 11.8 Å². The van der Waals surface area contributed by atoms with Gasteiger partial charge in [0.2, 0.25) is 18.3 Å². The van der Waals surface area contributed by atoms with Crippen LogP contribution in [0.25, 0.3) is 28.4 Å². The second-order valence-corrected chi connectivity index (χ2v) is 18.0. The van der Waals surface area contributed by atoms with Gasteiger partial charge in [-0.25, -0.2) is 9.21 Å². The van der Waals surface area contributed by atoms with E-state index in [0.29, 0.717) is 5.56 Å². The molecule has 1 aromatic heterocycles. The Bertz CT molecular complexity index is 2550. The molecule has 4 aliphatic heterocycles. The van der Waals surface area contributed by atoms with Crippen LogP contribution < -0.4 is 9.47 Å². The molecule has 0 bridgehead atoms. The van der Waals surface area contributed by atoms with E-state index < -0.39 is 154 Å². The van der Waals surface area contributed by atoms with E-state index in [-0.39, 0.29) is 45.3 Å². The van der Waals surface area contributed by atoms with Crippen molar-refractivity contribution in [3.8, 4) is 40.1 Å². The number of rotatable bonds is 15. The third-order valence-corrected chi connectivity index (χ3v) is 12.9. The Hall–Kier alpha value is -5.44. The molecule has 0 amide bonds. The summed E-state index contributed by atoms with van der Waals surface area (Å²) in [6.07, 6.45) is -29.1. The highest BCUT2D eigenvalue weighted by Crippen LogP contribution is 2.43. The fraction of sp³-hybridized carbons (Fsp3) is 0.500. The Kier molecular flexibility index (Phi) is 17.2. The second kappa shape index (κ2) is 23.2. The number of hydrogen-bond acceptors (Lipinski definition) is 25. The molecule has 4 aliphatic rings. The van der Waals surface area contributed by atoms with Gasteiger partial charge in [-0.2, -0.15) is 0 Å². The number of ether oxygens (including phenoxy) is 9. The Morgan fingerprint density at radius 2 is 1.22 bits per heavy atom. The molecule has 0 aliphatic carbocycles. The van der Waals surface area contributed by atoms with Gasteiger partial charge in [-0.1, -0.05) is 12.1 Å². The highest BCUT2D eigenvalue weighted by atomic mass is 16.8. The number of hydrogen-bond donors (Lipinski definition) is 15. The van der Waals surface area contributed by atoms with Crippen molar-refractivity contribution in [3.05, 3.63) is 78.4 Å². The number of carbonyl (C=O) groups excluding carboxylic acids is 1. The first-order valence-corrected chi connectivity index (χ1v) is 23.1. The first-order valence-electron chi connectivity index (χ1n) is 23.1. The molecule has 26 heteroatoms. The van der Waals surface area contributed by atoms with Gasteiger partial charge in [0.15, 0.2) is 31.3 Å². The Balaban J connectivity index is 1.00. The predicted molar refractivity (Wildman–Crippen MR) is 242 cm³/mol. The molecule has 4 saturated heterocycles. The minimum atomic E-state index is -2.09. The lowest BCUT2D eigenvalue weighted by Crippen LogP contribution is -2.62. The first-order chi connectivity index (χ1) is 35.3. The smallest absolute Gasteiger partial charge is 0.402 e. The fourth-order valence-corrected chi connectivity index (χ4v) is 8.72. The van der Waals surface area contributed by atoms with Gasteiger partial charge in [0.25, 0.3) is 0 Å². The summed E-state index contributed by atoms with van der Waals surface area (Å²) in [6.45, 7) is -0.960. The van der Waals surface area contributed by atoms with Crippen LogP contribution in [-0.2, 0) is 38.0 Å². The quantitative estimate of drug-likeness (QED) is 0.0325. The zero-order valence-electron chi connectivity index (χ0n) is 38.9. The average molecular weight is 1050 g/mol. The maximum atomic E-state index is 12.6. The molecule has 15 N–H and O–H groups in total. The SMILES string of the molecule is C[C@@H]1O[C@@H](OC[C@@H]2O[C@H](Oc3cc4c(O[C@@H]5O[C@@H](O)[C@H](O[C@@H]6O[C@@H](O)[C@H](O)[C@@H](O)[C@@H]6CO)[C@@H](O)[C@@H]5CO)cc(O)cc4[o+]c3-c3ccc(O)cc3)[C@@H](O)[C@H](O)[C@H]2O)[C@H](O)[C@H](O)[C@H]1OC(=O)/C=C/c1ccc(O)cc1. The van der Waals surface area contributed by atoms with E-state index in [1.54, 1.807) is 12.1 Å². The molecule has 8 rings (SSSR count). The number of phenolic OH excluding ortho intramolecular Hbond substituents is 3. The van der Waals surface area contributed by atoms with E-state index in [9.17, 15) is 81.4 Å². The van der Waals surface area contributed by atoms with Crippen LogP contribution in [0.3, 0.4) is 0 Å². The van der Waals surface area contributed by atoms with E-state index in [1.807, 2.05) is 0 Å². The molecule has 5 heterocycles. The first kappa shape index (κ1) is 54.8. The molecular formula is C48H57O26+. The van der Waals surface area contributed by atoms with Crippen LogP contribution in [0, 0.1) is 11.8 Å². The second-order valence-electron chi connectivity index (χ2n) is 18.0. The van der Waals surface area contributed by atoms with Gasteiger partial charge >= 0.3 is 17.3 Å². The zero-order chi connectivity index (χ0) is 53.3. The normalized spacial score (nSPS) is 36.7. The number of esters is 1. The van der Waals surface area contributed by atoms with Crippen LogP contribution in [0.15, 0.2) is 77.2 Å². The Morgan fingerprint density at radius 3 is 1.89 bits per heavy atom. The van der Waals surface area contributed by atoms with Crippen LogP contribution in [0.1, 0.15) is 12.5 Å². The van der Waals surface area contributed by atoms with E-state index in [2.05, 4.69) is 0 Å². The highest BCUT2D eigenvalue weighted by Gasteiger charge is 2.52. The molecule has 0 spiro atoms. The maximum absolute atomic E-state index is 12.6. The Labute approximate surface area is 418 Å². The molecule has 0 unspecified atom stereocenters. The summed E-state index contributed by atoms with van der Waals surface area (Å²) >= 11 is 0. The molecule has 0 radical (unpaired) electrons. The summed E-state index contributed by atoms with van der Waals surface area (Å²) in [5.41, 5.74) is 0.675. The molecule has 26 nitrogen and oxygen atoms in total. The minimum Gasteiger partial charge on any atom is -0.508 e.